The van der Waals surface area contributed by atoms with Gasteiger partial charge in [-0.2, -0.15) is 15.0 Å². The van der Waals surface area contributed by atoms with Crippen molar-refractivity contribution in [2.45, 2.75) is 20.0 Å². The van der Waals surface area contributed by atoms with Gasteiger partial charge in [0.1, 0.15) is 0 Å². The molecule has 0 saturated heterocycles. The largest absolute Gasteiger partial charge is 0.493 e. The molecule has 1 aromatic heterocycles. The lowest BCUT2D eigenvalue weighted by atomic mass is 10.1. The Morgan fingerprint density at radius 2 is 1.80 bits per heavy atom. The fraction of sp³-hybridized carbons (Fsp3) is 0.238. The van der Waals surface area contributed by atoms with E-state index in [1.807, 2.05) is 24.3 Å². The molecule has 30 heavy (non-hydrogen) atoms. The monoisotopic (exact) mass is 409 g/mol. The van der Waals surface area contributed by atoms with E-state index in [2.05, 4.69) is 27.2 Å². The molecule has 2 aromatic carbocycles. The van der Waals surface area contributed by atoms with E-state index < -0.39 is 5.97 Å². The first-order chi connectivity index (χ1) is 14.5. The SMILES string of the molecule is CCc1ccccc1Nc1nc(N)nc(COC(=O)c2ccc(OC)c(OC)c2)n1. The minimum Gasteiger partial charge on any atom is -0.493 e. The number of methoxy groups -OCH3 is 2. The summed E-state index contributed by atoms with van der Waals surface area (Å²) in [4.78, 5) is 24.8. The summed E-state index contributed by atoms with van der Waals surface area (Å²) in [7, 11) is 3.01. The van der Waals surface area contributed by atoms with Crippen molar-refractivity contribution in [3.8, 4) is 11.5 Å². The number of ether oxygens (including phenoxy) is 3. The zero-order valence-corrected chi connectivity index (χ0v) is 17.0. The quantitative estimate of drug-likeness (QED) is 0.540. The molecule has 9 heteroatoms. The fourth-order valence-electron chi connectivity index (χ4n) is 2.81. The Kier molecular flexibility index (Phi) is 6.63. The van der Waals surface area contributed by atoms with Gasteiger partial charge >= 0.3 is 5.97 Å². The number of aromatic nitrogens is 3. The van der Waals surface area contributed by atoms with Crippen molar-refractivity contribution in [1.82, 2.24) is 15.0 Å². The maximum atomic E-state index is 12.4. The molecular weight excluding hydrogens is 386 g/mol. The van der Waals surface area contributed by atoms with E-state index >= 15 is 0 Å². The van der Waals surface area contributed by atoms with Crippen molar-refractivity contribution in [1.29, 1.82) is 0 Å². The molecule has 0 unspecified atom stereocenters. The van der Waals surface area contributed by atoms with E-state index in [0.29, 0.717) is 17.1 Å². The van der Waals surface area contributed by atoms with E-state index in [-0.39, 0.29) is 24.3 Å². The van der Waals surface area contributed by atoms with E-state index in [1.165, 1.54) is 20.3 Å². The second kappa shape index (κ2) is 9.55. The standard InChI is InChI=1S/C21H23N5O4/c1-4-13-7-5-6-8-15(13)23-21-25-18(24-20(22)26-21)12-30-19(27)14-9-10-16(28-2)17(11-14)29-3/h5-11H,4,12H2,1-3H3,(H3,22,23,24,25,26). The molecule has 0 fully saturated rings. The number of anilines is 3. The van der Waals surface area contributed by atoms with Crippen LogP contribution in [0.15, 0.2) is 42.5 Å². The molecule has 156 valence electrons. The number of esters is 1. The van der Waals surface area contributed by atoms with Gasteiger partial charge in [-0.15, -0.1) is 0 Å². The number of hydrogen-bond acceptors (Lipinski definition) is 9. The predicted octanol–water partition coefficient (Wildman–Crippen LogP) is 3.13. The van der Waals surface area contributed by atoms with Crippen molar-refractivity contribution in [2.24, 2.45) is 0 Å². The smallest absolute Gasteiger partial charge is 0.338 e. The van der Waals surface area contributed by atoms with Crippen LogP contribution in [0.3, 0.4) is 0 Å². The summed E-state index contributed by atoms with van der Waals surface area (Å²) in [5.41, 5.74) is 8.09. The molecule has 3 rings (SSSR count). The van der Waals surface area contributed by atoms with Gasteiger partial charge in [0.15, 0.2) is 23.9 Å². The number of rotatable bonds is 8. The molecule has 0 atom stereocenters. The lowest BCUT2D eigenvalue weighted by Crippen LogP contribution is -2.11. The Morgan fingerprint density at radius 3 is 2.53 bits per heavy atom. The molecule has 0 spiro atoms. The summed E-state index contributed by atoms with van der Waals surface area (Å²) in [6.07, 6.45) is 0.847. The van der Waals surface area contributed by atoms with Gasteiger partial charge in [0.2, 0.25) is 11.9 Å². The number of carbonyl (C=O) groups is 1. The Morgan fingerprint density at radius 1 is 1.03 bits per heavy atom. The van der Waals surface area contributed by atoms with Crippen LogP contribution in [-0.4, -0.2) is 35.1 Å². The molecule has 0 bridgehead atoms. The number of nitrogens with zero attached hydrogens (tertiary/aromatic N) is 3. The van der Waals surface area contributed by atoms with Crippen molar-refractivity contribution in [3.63, 3.8) is 0 Å². The third-order valence-corrected chi connectivity index (χ3v) is 4.30. The van der Waals surface area contributed by atoms with Crippen LogP contribution in [0.25, 0.3) is 0 Å². The molecule has 9 nitrogen and oxygen atoms in total. The Hall–Kier alpha value is -3.88. The van der Waals surface area contributed by atoms with Crippen LogP contribution in [0.1, 0.15) is 28.7 Å². The first-order valence-electron chi connectivity index (χ1n) is 9.28. The molecule has 0 radical (unpaired) electrons. The van der Waals surface area contributed by atoms with Gasteiger partial charge in [0, 0.05) is 5.69 Å². The highest BCUT2D eigenvalue weighted by atomic mass is 16.5. The molecule has 0 aliphatic rings. The van der Waals surface area contributed by atoms with Crippen LogP contribution >= 0.6 is 0 Å². The Bertz CT molecular complexity index is 1040. The molecule has 0 aliphatic heterocycles. The van der Waals surface area contributed by atoms with E-state index in [9.17, 15) is 4.79 Å². The summed E-state index contributed by atoms with van der Waals surface area (Å²) >= 11 is 0. The van der Waals surface area contributed by atoms with Crippen molar-refractivity contribution in [2.75, 3.05) is 25.3 Å². The second-order valence-corrected chi connectivity index (χ2v) is 6.22. The van der Waals surface area contributed by atoms with Crippen LogP contribution in [0.5, 0.6) is 11.5 Å². The number of nitrogen functional groups attached to an aromatic ring is 1. The molecule has 3 aromatic rings. The fourth-order valence-corrected chi connectivity index (χ4v) is 2.81. The summed E-state index contributed by atoms with van der Waals surface area (Å²) in [6.45, 7) is 1.89. The van der Waals surface area contributed by atoms with Crippen LogP contribution in [-0.2, 0) is 17.8 Å². The number of carbonyl (C=O) groups excluding carboxylic acids is 1. The number of aryl methyl sites for hydroxylation is 1. The van der Waals surface area contributed by atoms with Gasteiger partial charge in [-0.25, -0.2) is 4.79 Å². The third kappa shape index (κ3) is 4.93. The maximum Gasteiger partial charge on any atom is 0.338 e. The Labute approximate surface area is 174 Å². The number of nitrogens with two attached hydrogens (primary N) is 1. The van der Waals surface area contributed by atoms with Gasteiger partial charge in [-0.3, -0.25) is 0 Å². The topological polar surface area (TPSA) is 121 Å². The summed E-state index contributed by atoms with van der Waals surface area (Å²) in [5, 5.41) is 3.14. The molecule has 0 saturated carbocycles. The number of para-hydroxylation sites is 1. The zero-order valence-electron chi connectivity index (χ0n) is 17.0. The maximum absolute atomic E-state index is 12.4. The van der Waals surface area contributed by atoms with Gasteiger partial charge in [0.25, 0.3) is 0 Å². The summed E-state index contributed by atoms with van der Waals surface area (Å²) in [6, 6.07) is 12.6. The van der Waals surface area contributed by atoms with Crippen LogP contribution in [0, 0.1) is 0 Å². The van der Waals surface area contributed by atoms with Gasteiger partial charge in [-0.1, -0.05) is 25.1 Å². The van der Waals surface area contributed by atoms with E-state index in [0.717, 1.165) is 17.7 Å². The van der Waals surface area contributed by atoms with Gasteiger partial charge in [0.05, 0.1) is 19.8 Å². The minimum atomic E-state index is -0.555. The highest BCUT2D eigenvalue weighted by Gasteiger charge is 2.14. The first-order valence-corrected chi connectivity index (χ1v) is 9.28. The average Bonchev–Trinajstić information content (AvgIpc) is 2.77. The van der Waals surface area contributed by atoms with E-state index in [4.69, 9.17) is 19.9 Å². The number of benzene rings is 2. The Balaban J connectivity index is 1.72. The summed E-state index contributed by atoms with van der Waals surface area (Å²) in [5.74, 6) is 0.924. The lowest BCUT2D eigenvalue weighted by molar-refractivity contribution is 0.0461. The third-order valence-electron chi connectivity index (χ3n) is 4.30. The highest BCUT2D eigenvalue weighted by Crippen LogP contribution is 2.28. The van der Waals surface area contributed by atoms with Crippen LogP contribution in [0.4, 0.5) is 17.6 Å². The molecule has 0 aliphatic carbocycles. The zero-order chi connectivity index (χ0) is 21.5. The van der Waals surface area contributed by atoms with Gasteiger partial charge in [-0.05, 0) is 36.2 Å². The van der Waals surface area contributed by atoms with Crippen molar-refractivity contribution in [3.05, 3.63) is 59.4 Å². The van der Waals surface area contributed by atoms with Gasteiger partial charge < -0.3 is 25.3 Å². The number of hydrogen-bond donors (Lipinski definition) is 2. The lowest BCUT2D eigenvalue weighted by Gasteiger charge is -2.11. The molecule has 0 amide bonds. The van der Waals surface area contributed by atoms with Crippen molar-refractivity contribution >= 4 is 23.6 Å². The van der Waals surface area contributed by atoms with E-state index in [1.54, 1.807) is 12.1 Å². The normalized spacial score (nSPS) is 10.4. The molecule has 3 N–H and O–H groups in total. The van der Waals surface area contributed by atoms with Crippen LogP contribution < -0.4 is 20.5 Å². The number of nitrogens with one attached hydrogen (secondary N) is 1. The van der Waals surface area contributed by atoms with Crippen LogP contribution in [0.2, 0.25) is 0 Å². The average molecular weight is 409 g/mol. The first kappa shape index (κ1) is 20.8. The van der Waals surface area contributed by atoms with Crippen molar-refractivity contribution < 1.29 is 19.0 Å². The summed E-state index contributed by atoms with van der Waals surface area (Å²) < 4.78 is 15.7. The molecular formula is C21H23N5O4. The highest BCUT2D eigenvalue weighted by molar-refractivity contribution is 5.90. The minimum absolute atomic E-state index is 0.0265. The second-order valence-electron chi connectivity index (χ2n) is 6.22. The predicted molar refractivity (Wildman–Crippen MR) is 112 cm³/mol. The molecule has 1 heterocycles.